The minimum absolute atomic E-state index is 0.112. The molecule has 0 aromatic heterocycles. The maximum Gasteiger partial charge on any atom is 0.330 e. The summed E-state index contributed by atoms with van der Waals surface area (Å²) in [6.07, 6.45) is -11.4. The van der Waals surface area contributed by atoms with Crippen LogP contribution in [0.5, 0.6) is 11.5 Å². The lowest BCUT2D eigenvalue weighted by atomic mass is 9.98. The van der Waals surface area contributed by atoms with Crippen molar-refractivity contribution in [3.8, 4) is 11.5 Å². The summed E-state index contributed by atoms with van der Waals surface area (Å²) < 4.78 is 48.0. The third-order valence-corrected chi connectivity index (χ3v) is 6.98. The molecule has 0 amide bonds. The van der Waals surface area contributed by atoms with E-state index in [9.17, 15) is 44.4 Å². The Morgan fingerprint density at radius 3 is 2.06 bits per heavy atom. The minimum atomic E-state index is -2.48. The first kappa shape index (κ1) is 38.1. The van der Waals surface area contributed by atoms with Crippen LogP contribution in [0.25, 0.3) is 6.08 Å². The van der Waals surface area contributed by atoms with Crippen LogP contribution in [0.1, 0.15) is 33.3 Å². The highest BCUT2D eigenvalue weighted by atomic mass is 16.8. The van der Waals surface area contributed by atoms with Gasteiger partial charge in [-0.1, -0.05) is 6.07 Å². The Kier molecular flexibility index (Phi) is 13.2. The Balaban J connectivity index is 1.85. The second kappa shape index (κ2) is 16.7. The summed E-state index contributed by atoms with van der Waals surface area (Å²) in [7, 11) is 1.35. The molecule has 2 saturated heterocycles. The summed E-state index contributed by atoms with van der Waals surface area (Å²) in [6, 6.07) is 4.31. The molecule has 0 aliphatic carbocycles. The van der Waals surface area contributed by atoms with Crippen molar-refractivity contribution in [1.29, 1.82) is 0 Å². The van der Waals surface area contributed by atoms with Gasteiger partial charge in [-0.05, 0) is 23.8 Å². The number of hydrogen-bond acceptors (Lipinski definition) is 18. The summed E-state index contributed by atoms with van der Waals surface area (Å²) in [5, 5.41) is 42.8. The second-order valence-electron chi connectivity index (χ2n) is 10.7. The number of carbonyl (C=O) groups excluding carboxylic acids is 5. The first-order valence-electron chi connectivity index (χ1n) is 14.4. The van der Waals surface area contributed by atoms with Crippen molar-refractivity contribution in [3.63, 3.8) is 0 Å². The lowest BCUT2D eigenvalue weighted by Gasteiger charge is -2.45. The third kappa shape index (κ3) is 9.85. The topological polar surface area (TPSA) is 249 Å². The van der Waals surface area contributed by atoms with Gasteiger partial charge < -0.3 is 63.1 Å². The summed E-state index contributed by atoms with van der Waals surface area (Å²) in [5.74, 6) is -6.76. The van der Waals surface area contributed by atoms with E-state index in [1.807, 2.05) is 0 Å². The van der Waals surface area contributed by atoms with E-state index in [2.05, 4.69) is 0 Å². The van der Waals surface area contributed by atoms with Crippen molar-refractivity contribution in [3.05, 3.63) is 29.8 Å². The number of phenols is 1. The zero-order chi connectivity index (χ0) is 35.8. The van der Waals surface area contributed by atoms with Crippen LogP contribution in [0.4, 0.5) is 0 Å². The molecule has 2 aliphatic rings. The molecule has 266 valence electrons. The molecule has 1 aromatic rings. The molecule has 2 fully saturated rings. The number of benzene rings is 1. The number of methoxy groups -OCH3 is 1. The Hall–Kier alpha value is -4.33. The lowest BCUT2D eigenvalue weighted by molar-refractivity contribution is -0.384. The highest BCUT2D eigenvalue weighted by Gasteiger charge is 2.61. The number of aliphatic hydroxyl groups is 3. The monoisotopic (exact) mass is 686 g/mol. The van der Waals surface area contributed by atoms with E-state index in [1.54, 1.807) is 0 Å². The SMILES string of the molecule is COc1cc(C=CC(=O)OC[C@H]2O[C@@](COC(C)=O)(O[C@H]3O[C@H](COC(C)=O)[C@@H](OC(C)=O)[C@H](O)[C@H]3OC(C)=O)[C@@H](O)[C@@H]2O)ccc1O. The van der Waals surface area contributed by atoms with E-state index in [0.29, 0.717) is 5.56 Å². The van der Waals surface area contributed by atoms with Gasteiger partial charge in [-0.2, -0.15) is 0 Å². The maximum absolute atomic E-state index is 12.5. The molecule has 9 atom stereocenters. The van der Waals surface area contributed by atoms with Crippen LogP contribution >= 0.6 is 0 Å². The maximum atomic E-state index is 12.5. The van der Waals surface area contributed by atoms with Gasteiger partial charge in [-0.15, -0.1) is 0 Å². The summed E-state index contributed by atoms with van der Waals surface area (Å²) >= 11 is 0. The van der Waals surface area contributed by atoms with Gasteiger partial charge in [0, 0.05) is 33.8 Å². The molecule has 18 heteroatoms. The number of aliphatic hydroxyl groups excluding tert-OH is 3. The van der Waals surface area contributed by atoms with Crippen LogP contribution in [-0.4, -0.2) is 132 Å². The fourth-order valence-electron chi connectivity index (χ4n) is 4.79. The smallest absolute Gasteiger partial charge is 0.330 e. The zero-order valence-corrected chi connectivity index (χ0v) is 26.6. The molecule has 18 nitrogen and oxygen atoms in total. The summed E-state index contributed by atoms with van der Waals surface area (Å²) in [5.41, 5.74) is 0.475. The van der Waals surface area contributed by atoms with Gasteiger partial charge in [0.1, 0.15) is 50.3 Å². The number of hydrogen-bond donors (Lipinski definition) is 4. The van der Waals surface area contributed by atoms with Crippen LogP contribution in [-0.2, 0) is 61.9 Å². The van der Waals surface area contributed by atoms with Crippen LogP contribution in [0.3, 0.4) is 0 Å². The van der Waals surface area contributed by atoms with E-state index in [0.717, 1.165) is 33.8 Å². The Morgan fingerprint density at radius 1 is 0.833 bits per heavy atom. The standard InChI is InChI=1S/C30H38O18/c1-14(31)41-12-22-26(44-16(3)33)25(38)27(45-17(4)34)29(46-22)48-30(13-43-15(2)32)28(39)24(37)21(47-30)11-42-23(36)9-7-18-6-8-19(35)20(10-18)40-5/h6-10,21-22,24-29,35,37-39H,11-13H2,1-5H3/t21-,22-,24-,25+,26-,27-,28+,29-,30+/m1/s1. The molecule has 4 N–H and O–H groups in total. The number of aromatic hydroxyl groups is 1. The molecule has 0 radical (unpaired) electrons. The largest absolute Gasteiger partial charge is 0.504 e. The van der Waals surface area contributed by atoms with E-state index < -0.39 is 104 Å². The number of esters is 5. The number of phenolic OH excluding ortho intramolecular Hbond substituents is 1. The normalized spacial score (nSPS) is 29.9. The van der Waals surface area contributed by atoms with Gasteiger partial charge >= 0.3 is 29.8 Å². The fourth-order valence-corrected chi connectivity index (χ4v) is 4.79. The van der Waals surface area contributed by atoms with Crippen molar-refractivity contribution in [2.24, 2.45) is 0 Å². The molecule has 0 bridgehead atoms. The average Bonchev–Trinajstić information content (AvgIpc) is 3.25. The van der Waals surface area contributed by atoms with Crippen LogP contribution in [0, 0.1) is 0 Å². The fraction of sp³-hybridized carbons (Fsp3) is 0.567. The quantitative estimate of drug-likeness (QED) is 0.109. The molecule has 0 saturated carbocycles. The molecule has 2 heterocycles. The van der Waals surface area contributed by atoms with Crippen LogP contribution < -0.4 is 4.74 Å². The molecule has 0 spiro atoms. The van der Waals surface area contributed by atoms with Gasteiger partial charge in [0.05, 0.1) is 7.11 Å². The van der Waals surface area contributed by atoms with Crippen LogP contribution in [0.2, 0.25) is 0 Å². The first-order chi connectivity index (χ1) is 22.6. The molecular weight excluding hydrogens is 648 g/mol. The minimum Gasteiger partial charge on any atom is -0.504 e. The van der Waals surface area contributed by atoms with Gasteiger partial charge in [0.15, 0.2) is 23.7 Å². The van der Waals surface area contributed by atoms with E-state index in [1.165, 1.54) is 31.4 Å². The Labute approximate surface area is 273 Å². The molecular formula is C30H38O18. The Bertz CT molecular complexity index is 1360. The highest BCUT2D eigenvalue weighted by molar-refractivity contribution is 5.87. The van der Waals surface area contributed by atoms with Crippen LogP contribution in [0.15, 0.2) is 24.3 Å². The number of ether oxygens (including phenoxy) is 9. The van der Waals surface area contributed by atoms with E-state index in [4.69, 9.17) is 42.6 Å². The molecule has 2 aliphatic heterocycles. The van der Waals surface area contributed by atoms with Crippen molar-refractivity contribution in [1.82, 2.24) is 0 Å². The highest BCUT2D eigenvalue weighted by Crippen LogP contribution is 2.38. The Morgan fingerprint density at radius 2 is 1.46 bits per heavy atom. The lowest BCUT2D eigenvalue weighted by Crippen LogP contribution is -2.64. The number of carbonyl (C=O) groups is 5. The van der Waals surface area contributed by atoms with Gasteiger partial charge in [0.2, 0.25) is 12.1 Å². The summed E-state index contributed by atoms with van der Waals surface area (Å²) in [4.78, 5) is 59.5. The van der Waals surface area contributed by atoms with E-state index in [-0.39, 0.29) is 11.5 Å². The van der Waals surface area contributed by atoms with Crippen molar-refractivity contribution in [2.45, 2.75) is 82.5 Å². The zero-order valence-electron chi connectivity index (χ0n) is 26.6. The average molecular weight is 687 g/mol. The first-order valence-corrected chi connectivity index (χ1v) is 14.4. The van der Waals surface area contributed by atoms with Crippen molar-refractivity contribution in [2.75, 3.05) is 26.9 Å². The van der Waals surface area contributed by atoms with Crippen molar-refractivity contribution < 1.29 is 87.0 Å². The van der Waals surface area contributed by atoms with Gasteiger partial charge in [0.25, 0.3) is 0 Å². The van der Waals surface area contributed by atoms with Gasteiger partial charge in [-0.3, -0.25) is 19.2 Å². The third-order valence-electron chi connectivity index (χ3n) is 6.98. The predicted octanol–water partition coefficient (Wildman–Crippen LogP) is -1.13. The molecule has 48 heavy (non-hydrogen) atoms. The van der Waals surface area contributed by atoms with E-state index >= 15 is 0 Å². The van der Waals surface area contributed by atoms with Crippen molar-refractivity contribution >= 4 is 35.9 Å². The molecule has 0 unspecified atom stereocenters. The second-order valence-corrected chi connectivity index (χ2v) is 10.7. The molecule has 3 rings (SSSR count). The summed E-state index contributed by atoms with van der Waals surface area (Å²) in [6.45, 7) is 2.01. The number of rotatable bonds is 13. The predicted molar refractivity (Wildman–Crippen MR) is 154 cm³/mol. The van der Waals surface area contributed by atoms with Gasteiger partial charge in [-0.25, -0.2) is 4.79 Å². The molecule has 1 aromatic carbocycles.